The van der Waals surface area contributed by atoms with Crippen molar-refractivity contribution in [2.45, 2.75) is 31.8 Å². The van der Waals surface area contributed by atoms with Crippen LogP contribution >= 0.6 is 0 Å². The Bertz CT molecular complexity index is 529. The van der Waals surface area contributed by atoms with Crippen LogP contribution in [0.5, 0.6) is 0 Å². The average Bonchev–Trinajstić information content (AvgIpc) is 3.33. The second-order valence-corrected chi connectivity index (χ2v) is 5.86. The summed E-state index contributed by atoms with van der Waals surface area (Å²) in [5.74, 6) is 0.229. The summed E-state index contributed by atoms with van der Waals surface area (Å²) in [6, 6.07) is 7.03. The fourth-order valence-corrected chi connectivity index (χ4v) is 2.54. The van der Waals surface area contributed by atoms with Crippen LogP contribution in [-0.2, 0) is 4.79 Å². The van der Waals surface area contributed by atoms with E-state index in [-0.39, 0.29) is 23.8 Å². The zero-order chi connectivity index (χ0) is 14.8. The smallest absolute Gasteiger partial charge is 0.253 e. The third-order valence-corrected chi connectivity index (χ3v) is 4.10. The number of hydrogen-bond acceptors (Lipinski definition) is 3. The molecule has 0 radical (unpaired) electrons. The Morgan fingerprint density at radius 3 is 2.24 bits per heavy atom. The van der Waals surface area contributed by atoms with Gasteiger partial charge in [0.2, 0.25) is 5.91 Å². The number of benzene rings is 1. The van der Waals surface area contributed by atoms with Gasteiger partial charge in [-0.05, 0) is 49.9 Å². The number of likely N-dealkylation sites (tertiary alicyclic amines) is 1. The summed E-state index contributed by atoms with van der Waals surface area (Å²) in [6.07, 6.45) is 2.95. The maximum atomic E-state index is 12.3. The largest absolute Gasteiger partial charge is 0.393 e. The number of amides is 2. The van der Waals surface area contributed by atoms with Crippen molar-refractivity contribution in [1.29, 1.82) is 0 Å². The molecule has 3 rings (SSSR count). The van der Waals surface area contributed by atoms with Crippen LogP contribution in [0.3, 0.4) is 0 Å². The Morgan fingerprint density at radius 1 is 1.05 bits per heavy atom. The number of nitrogens with one attached hydrogen (secondary N) is 1. The summed E-state index contributed by atoms with van der Waals surface area (Å²) < 4.78 is 0. The lowest BCUT2D eigenvalue weighted by Crippen LogP contribution is -2.40. The Balaban J connectivity index is 1.60. The number of nitrogens with zero attached hydrogens (tertiary/aromatic N) is 1. The molecule has 21 heavy (non-hydrogen) atoms. The monoisotopic (exact) mass is 288 g/mol. The number of carbonyl (C=O) groups is 2. The molecular weight excluding hydrogens is 268 g/mol. The van der Waals surface area contributed by atoms with Crippen molar-refractivity contribution < 1.29 is 14.7 Å². The zero-order valence-electron chi connectivity index (χ0n) is 11.9. The molecule has 5 heteroatoms. The summed E-state index contributed by atoms with van der Waals surface area (Å²) in [7, 11) is 0. The molecule has 1 saturated heterocycles. The molecule has 2 N–H and O–H groups in total. The molecule has 112 valence electrons. The van der Waals surface area contributed by atoms with E-state index in [1.807, 2.05) is 0 Å². The van der Waals surface area contributed by atoms with Gasteiger partial charge in [-0.2, -0.15) is 0 Å². The van der Waals surface area contributed by atoms with Crippen molar-refractivity contribution in [3.63, 3.8) is 0 Å². The lowest BCUT2D eigenvalue weighted by atomic mass is 10.1. The van der Waals surface area contributed by atoms with Gasteiger partial charge in [0.25, 0.3) is 5.91 Å². The molecule has 0 aromatic heterocycles. The first kappa shape index (κ1) is 14.1. The molecule has 1 aromatic rings. The fourth-order valence-electron chi connectivity index (χ4n) is 2.54. The number of carbonyl (C=O) groups excluding carboxylic acids is 2. The molecule has 1 aliphatic heterocycles. The number of hydrogen-bond donors (Lipinski definition) is 2. The SMILES string of the molecule is O=C(Nc1ccc(C(=O)N2CCC(O)CC2)cc1)C1CC1. The van der Waals surface area contributed by atoms with Crippen LogP contribution < -0.4 is 5.32 Å². The van der Waals surface area contributed by atoms with Crippen LogP contribution in [0.15, 0.2) is 24.3 Å². The topological polar surface area (TPSA) is 69.6 Å². The van der Waals surface area contributed by atoms with E-state index in [0.717, 1.165) is 18.5 Å². The Labute approximate surface area is 123 Å². The summed E-state index contributed by atoms with van der Waals surface area (Å²) in [5, 5.41) is 12.3. The van der Waals surface area contributed by atoms with Crippen molar-refractivity contribution in [3.8, 4) is 0 Å². The van der Waals surface area contributed by atoms with Gasteiger partial charge in [-0.15, -0.1) is 0 Å². The van der Waals surface area contributed by atoms with E-state index in [4.69, 9.17) is 0 Å². The Morgan fingerprint density at radius 2 is 1.67 bits per heavy atom. The van der Waals surface area contributed by atoms with Crippen molar-refractivity contribution in [2.24, 2.45) is 5.92 Å². The van der Waals surface area contributed by atoms with Gasteiger partial charge in [0.15, 0.2) is 0 Å². The van der Waals surface area contributed by atoms with Crippen molar-refractivity contribution in [2.75, 3.05) is 18.4 Å². The van der Waals surface area contributed by atoms with E-state index in [1.165, 1.54) is 0 Å². The normalized spacial score (nSPS) is 19.4. The molecule has 0 atom stereocenters. The average molecular weight is 288 g/mol. The quantitative estimate of drug-likeness (QED) is 0.888. The van der Waals surface area contributed by atoms with Gasteiger partial charge >= 0.3 is 0 Å². The summed E-state index contributed by atoms with van der Waals surface area (Å²) in [6.45, 7) is 1.19. The highest BCUT2D eigenvalue weighted by molar-refractivity contribution is 5.96. The Kier molecular flexibility index (Phi) is 3.92. The van der Waals surface area contributed by atoms with Crippen LogP contribution in [-0.4, -0.2) is 41.0 Å². The lowest BCUT2D eigenvalue weighted by molar-refractivity contribution is -0.117. The first-order chi connectivity index (χ1) is 10.1. The van der Waals surface area contributed by atoms with Crippen molar-refractivity contribution in [3.05, 3.63) is 29.8 Å². The highest BCUT2D eigenvalue weighted by atomic mass is 16.3. The molecule has 1 aromatic carbocycles. The predicted molar refractivity (Wildman–Crippen MR) is 78.9 cm³/mol. The molecule has 5 nitrogen and oxygen atoms in total. The summed E-state index contributed by atoms with van der Waals surface area (Å²) >= 11 is 0. The molecule has 1 heterocycles. The van der Waals surface area contributed by atoms with E-state index >= 15 is 0 Å². The predicted octanol–water partition coefficient (Wildman–Crippen LogP) is 1.63. The molecule has 0 bridgehead atoms. The van der Waals surface area contributed by atoms with Crippen LogP contribution in [0.2, 0.25) is 0 Å². The molecule has 1 saturated carbocycles. The number of aliphatic hydroxyl groups is 1. The maximum absolute atomic E-state index is 12.3. The van der Waals surface area contributed by atoms with Crippen LogP contribution in [0.25, 0.3) is 0 Å². The van der Waals surface area contributed by atoms with E-state index in [2.05, 4.69) is 5.32 Å². The minimum absolute atomic E-state index is 0.0121. The first-order valence-electron chi connectivity index (χ1n) is 7.52. The highest BCUT2D eigenvalue weighted by Crippen LogP contribution is 2.30. The number of rotatable bonds is 3. The minimum Gasteiger partial charge on any atom is -0.393 e. The highest BCUT2D eigenvalue weighted by Gasteiger charge is 2.29. The van der Waals surface area contributed by atoms with Crippen molar-refractivity contribution >= 4 is 17.5 Å². The summed E-state index contributed by atoms with van der Waals surface area (Å²) in [4.78, 5) is 25.7. The molecule has 2 amide bonds. The second kappa shape index (κ2) is 5.85. The number of aliphatic hydroxyl groups excluding tert-OH is 1. The van der Waals surface area contributed by atoms with Crippen molar-refractivity contribution in [1.82, 2.24) is 4.90 Å². The Hall–Kier alpha value is -1.88. The van der Waals surface area contributed by atoms with E-state index in [1.54, 1.807) is 29.2 Å². The number of piperidine rings is 1. The maximum Gasteiger partial charge on any atom is 0.253 e. The second-order valence-electron chi connectivity index (χ2n) is 5.86. The third kappa shape index (κ3) is 3.42. The van der Waals surface area contributed by atoms with E-state index < -0.39 is 0 Å². The summed E-state index contributed by atoms with van der Waals surface area (Å²) in [5.41, 5.74) is 1.35. The lowest BCUT2D eigenvalue weighted by Gasteiger charge is -2.29. The zero-order valence-corrected chi connectivity index (χ0v) is 11.9. The molecular formula is C16H20N2O3. The standard InChI is InChI=1S/C16H20N2O3/c19-14-7-9-18(10-8-14)16(21)12-3-5-13(6-4-12)17-15(20)11-1-2-11/h3-6,11,14,19H,1-2,7-10H2,(H,17,20). The van der Waals surface area contributed by atoms with Gasteiger partial charge in [-0.3, -0.25) is 9.59 Å². The molecule has 1 aliphatic carbocycles. The molecule has 2 fully saturated rings. The van der Waals surface area contributed by atoms with Gasteiger partial charge in [0.1, 0.15) is 0 Å². The van der Waals surface area contributed by atoms with Gasteiger partial charge in [-0.25, -0.2) is 0 Å². The third-order valence-electron chi connectivity index (χ3n) is 4.10. The number of anilines is 1. The van der Waals surface area contributed by atoms with Crippen LogP contribution in [0.1, 0.15) is 36.0 Å². The first-order valence-corrected chi connectivity index (χ1v) is 7.52. The van der Waals surface area contributed by atoms with E-state index in [9.17, 15) is 14.7 Å². The molecule has 0 unspecified atom stereocenters. The molecule has 0 spiro atoms. The van der Waals surface area contributed by atoms with Gasteiger partial charge in [0, 0.05) is 30.3 Å². The van der Waals surface area contributed by atoms with Gasteiger partial charge in [-0.1, -0.05) is 0 Å². The van der Waals surface area contributed by atoms with Gasteiger partial charge < -0.3 is 15.3 Å². The van der Waals surface area contributed by atoms with Crippen LogP contribution in [0.4, 0.5) is 5.69 Å². The van der Waals surface area contributed by atoms with E-state index in [0.29, 0.717) is 31.5 Å². The van der Waals surface area contributed by atoms with Gasteiger partial charge in [0.05, 0.1) is 6.10 Å². The minimum atomic E-state index is -0.283. The fraction of sp³-hybridized carbons (Fsp3) is 0.500. The van der Waals surface area contributed by atoms with Crippen LogP contribution in [0, 0.1) is 5.92 Å². The molecule has 2 aliphatic rings.